The number of hydrogen-bond donors (Lipinski definition) is 1. The molecule has 1 aromatic heterocycles. The van der Waals surface area contributed by atoms with Gasteiger partial charge in [0.25, 0.3) is 11.7 Å². The van der Waals surface area contributed by atoms with Crippen molar-refractivity contribution in [3.63, 3.8) is 0 Å². The van der Waals surface area contributed by atoms with Gasteiger partial charge >= 0.3 is 5.97 Å². The summed E-state index contributed by atoms with van der Waals surface area (Å²) in [5.41, 5.74) is 4.09. The maximum Gasteiger partial charge on any atom is 0.310 e. The molecule has 0 bridgehead atoms. The van der Waals surface area contributed by atoms with Gasteiger partial charge in [-0.05, 0) is 64.7 Å². The molecule has 5 aromatic rings. The van der Waals surface area contributed by atoms with E-state index in [1.54, 1.807) is 6.20 Å². The van der Waals surface area contributed by atoms with Gasteiger partial charge < -0.3 is 47.8 Å². The predicted octanol–water partition coefficient (Wildman–Crippen LogP) is 5.15. The molecule has 270 valence electrons. The number of aromatic nitrogens is 1. The van der Waals surface area contributed by atoms with Crippen LogP contribution in [0.5, 0.6) is 40.2 Å². The van der Waals surface area contributed by atoms with Gasteiger partial charge in [-0.3, -0.25) is 14.4 Å². The molecule has 1 saturated heterocycles. The molecule has 4 heterocycles. The Hall–Kier alpha value is -6.37. The van der Waals surface area contributed by atoms with E-state index in [1.807, 2.05) is 71.3 Å². The van der Waals surface area contributed by atoms with Crippen LogP contribution >= 0.6 is 0 Å². The van der Waals surface area contributed by atoms with E-state index in [2.05, 4.69) is 5.32 Å². The van der Waals surface area contributed by atoms with E-state index in [1.165, 1.54) is 21.3 Å². The van der Waals surface area contributed by atoms with Crippen LogP contribution in [-0.4, -0.2) is 63.7 Å². The topological polar surface area (TPSA) is 142 Å². The Morgan fingerprint density at radius 1 is 0.792 bits per heavy atom. The lowest BCUT2D eigenvalue weighted by Gasteiger charge is -2.39. The van der Waals surface area contributed by atoms with E-state index in [0.717, 1.165) is 11.1 Å². The van der Waals surface area contributed by atoms with Crippen molar-refractivity contribution in [2.75, 3.05) is 41.5 Å². The van der Waals surface area contributed by atoms with Crippen LogP contribution in [0.4, 0.5) is 0 Å². The van der Waals surface area contributed by atoms with Crippen molar-refractivity contribution in [3.05, 3.63) is 101 Å². The highest BCUT2D eigenvalue weighted by Gasteiger charge is 2.53. The van der Waals surface area contributed by atoms with Crippen molar-refractivity contribution >= 4 is 28.6 Å². The Kier molecular flexibility index (Phi) is 7.79. The number of methoxy groups -OCH3 is 3. The molecule has 4 aromatic carbocycles. The van der Waals surface area contributed by atoms with Crippen LogP contribution in [0.25, 0.3) is 10.9 Å². The van der Waals surface area contributed by atoms with E-state index < -0.39 is 41.5 Å². The number of rotatable bonds is 9. The minimum atomic E-state index is -0.811. The molecule has 13 nitrogen and oxygen atoms in total. The minimum absolute atomic E-state index is 0.0216. The molecule has 1 N–H and O–H groups in total. The highest BCUT2D eigenvalue weighted by molar-refractivity contribution is 6.45. The number of carbonyl (C=O) groups excluding carboxylic acids is 3. The molecule has 0 spiro atoms. The molecule has 1 fully saturated rings. The summed E-state index contributed by atoms with van der Waals surface area (Å²) in [6.45, 7) is 0.655. The van der Waals surface area contributed by atoms with Gasteiger partial charge in [0, 0.05) is 35.5 Å². The average Bonchev–Trinajstić information content (AvgIpc) is 4.00. The zero-order chi connectivity index (χ0) is 36.4. The Morgan fingerprint density at radius 3 is 2.19 bits per heavy atom. The number of cyclic esters (lactones) is 1. The number of esters is 1. The molecule has 13 heteroatoms. The van der Waals surface area contributed by atoms with E-state index in [9.17, 15) is 14.4 Å². The molecule has 0 radical (unpaired) electrons. The molecule has 3 aliphatic heterocycles. The van der Waals surface area contributed by atoms with Gasteiger partial charge in [-0.15, -0.1) is 0 Å². The highest BCUT2D eigenvalue weighted by atomic mass is 16.7. The molecule has 4 atom stereocenters. The van der Waals surface area contributed by atoms with Gasteiger partial charge in [-0.2, -0.15) is 0 Å². The van der Waals surface area contributed by atoms with Gasteiger partial charge in [0.2, 0.25) is 19.3 Å². The Labute approximate surface area is 303 Å². The average molecular weight is 719 g/mol. The van der Waals surface area contributed by atoms with Crippen LogP contribution in [0.3, 0.4) is 0 Å². The molecule has 1 aliphatic carbocycles. The number of benzene rings is 4. The van der Waals surface area contributed by atoms with Crippen molar-refractivity contribution in [2.24, 2.45) is 11.8 Å². The number of para-hydroxylation sites is 1. The number of carbonyl (C=O) groups is 3. The molecule has 53 heavy (non-hydrogen) atoms. The van der Waals surface area contributed by atoms with Gasteiger partial charge in [-0.1, -0.05) is 24.3 Å². The molecular formula is C40H34N2O11. The standard InChI is InChI=1S/C40H34N2O11/c1-46-32-11-21(12-33(47-2)38(32)48-3)34-23-13-30-31(53-19-52-30)14-24(23)36(26-17-49-40(45)35(26)34)41-39(44)37(43)25-16-42(27-7-5-4-6-22(25)27)15-20-8-9-28-29(10-20)51-18-50-28/h4-14,16,26,34-36H,15,17-19H2,1-3H3,(H,41,44)/t26-,34+,35-,36+/m0/s1. The zero-order valence-corrected chi connectivity index (χ0v) is 29.0. The van der Waals surface area contributed by atoms with Crippen molar-refractivity contribution < 1.29 is 52.3 Å². The number of hydrogen-bond acceptors (Lipinski definition) is 11. The Morgan fingerprint density at radius 2 is 1.47 bits per heavy atom. The normalized spacial score (nSPS) is 20.4. The van der Waals surface area contributed by atoms with Crippen LogP contribution in [0.15, 0.2) is 72.9 Å². The quantitative estimate of drug-likeness (QED) is 0.123. The maximum absolute atomic E-state index is 14.2. The third-order valence-corrected chi connectivity index (χ3v) is 10.5. The zero-order valence-electron chi connectivity index (χ0n) is 29.0. The number of Topliss-reactive ketones (excluding diaryl/α,β-unsaturated/α-hetero) is 1. The molecular weight excluding hydrogens is 684 g/mol. The molecule has 0 unspecified atom stereocenters. The first kappa shape index (κ1) is 32.5. The minimum Gasteiger partial charge on any atom is -0.493 e. The summed E-state index contributed by atoms with van der Waals surface area (Å²) in [6, 6.07) is 19.6. The van der Waals surface area contributed by atoms with Crippen LogP contribution < -0.4 is 38.5 Å². The van der Waals surface area contributed by atoms with Gasteiger partial charge in [0.05, 0.1) is 45.5 Å². The first-order chi connectivity index (χ1) is 25.9. The van der Waals surface area contributed by atoms with Crippen molar-refractivity contribution in [2.45, 2.75) is 18.5 Å². The van der Waals surface area contributed by atoms with Gasteiger partial charge in [-0.25, -0.2) is 0 Å². The molecule has 9 rings (SSSR count). The lowest BCUT2D eigenvalue weighted by atomic mass is 9.65. The van der Waals surface area contributed by atoms with Crippen LogP contribution in [-0.2, 0) is 20.9 Å². The summed E-state index contributed by atoms with van der Waals surface area (Å²) in [5.74, 6) is -0.156. The summed E-state index contributed by atoms with van der Waals surface area (Å²) in [5, 5.41) is 3.66. The van der Waals surface area contributed by atoms with E-state index in [4.69, 9.17) is 37.9 Å². The largest absolute Gasteiger partial charge is 0.493 e. The summed E-state index contributed by atoms with van der Waals surface area (Å²) < 4.78 is 47.1. The fourth-order valence-electron chi connectivity index (χ4n) is 8.15. The smallest absolute Gasteiger partial charge is 0.310 e. The van der Waals surface area contributed by atoms with Crippen molar-refractivity contribution in [1.82, 2.24) is 9.88 Å². The SMILES string of the molecule is COc1cc([C@@H]2c3cc4c(cc3[C@@H](NC(=O)C(=O)c3cn(Cc5ccc6c(c5)OCO6)c5ccccc35)[C@H]3COC(=O)[C@H]23)OCO4)cc(OC)c1OC. The summed E-state index contributed by atoms with van der Waals surface area (Å²) in [7, 11) is 4.57. The third-order valence-electron chi connectivity index (χ3n) is 10.5. The lowest BCUT2D eigenvalue weighted by molar-refractivity contribution is -0.141. The van der Waals surface area contributed by atoms with Crippen LogP contribution in [0, 0.1) is 11.8 Å². The lowest BCUT2D eigenvalue weighted by Crippen LogP contribution is -2.44. The third kappa shape index (κ3) is 5.25. The monoisotopic (exact) mass is 718 g/mol. The summed E-state index contributed by atoms with van der Waals surface area (Å²) in [6.07, 6.45) is 1.70. The van der Waals surface area contributed by atoms with E-state index in [-0.39, 0.29) is 25.8 Å². The summed E-state index contributed by atoms with van der Waals surface area (Å²) >= 11 is 0. The maximum atomic E-state index is 14.2. The van der Waals surface area contributed by atoms with E-state index >= 15 is 0 Å². The van der Waals surface area contributed by atoms with Crippen molar-refractivity contribution in [1.29, 1.82) is 0 Å². The number of nitrogens with zero attached hydrogens (tertiary/aromatic N) is 1. The number of ether oxygens (including phenoxy) is 8. The molecule has 4 aliphatic rings. The molecule has 1 amide bonds. The number of ketones is 1. The fraction of sp³-hybridized carbons (Fsp3) is 0.275. The van der Waals surface area contributed by atoms with E-state index in [0.29, 0.717) is 68.9 Å². The van der Waals surface area contributed by atoms with Gasteiger partial charge in [0.1, 0.15) is 0 Å². The predicted molar refractivity (Wildman–Crippen MR) is 187 cm³/mol. The number of fused-ring (bicyclic) bond motifs is 5. The second-order valence-electron chi connectivity index (χ2n) is 13.2. The molecule has 0 saturated carbocycles. The highest BCUT2D eigenvalue weighted by Crippen LogP contribution is 2.55. The van der Waals surface area contributed by atoms with Gasteiger partial charge in [0.15, 0.2) is 34.5 Å². The Balaban J connectivity index is 1.09. The Bertz CT molecular complexity index is 2310. The summed E-state index contributed by atoms with van der Waals surface area (Å²) in [4.78, 5) is 41.9. The van der Waals surface area contributed by atoms with Crippen LogP contribution in [0.1, 0.15) is 44.6 Å². The second kappa shape index (κ2) is 12.7. The van der Waals surface area contributed by atoms with Crippen molar-refractivity contribution in [3.8, 4) is 40.2 Å². The first-order valence-corrected chi connectivity index (χ1v) is 17.1. The fourth-order valence-corrected chi connectivity index (χ4v) is 8.15. The second-order valence-corrected chi connectivity index (χ2v) is 13.2. The number of amides is 1. The number of nitrogens with one attached hydrogen (secondary N) is 1. The first-order valence-electron chi connectivity index (χ1n) is 17.1. The van der Waals surface area contributed by atoms with Crippen LogP contribution in [0.2, 0.25) is 0 Å².